The van der Waals surface area contributed by atoms with Crippen molar-refractivity contribution in [3.63, 3.8) is 0 Å². The van der Waals surface area contributed by atoms with Crippen molar-refractivity contribution in [2.45, 2.75) is 18.6 Å². The molecule has 2 nitrogen and oxygen atoms in total. The third kappa shape index (κ3) is 4.87. The number of hydrogen-bond donors (Lipinski definition) is 2. The maximum absolute atomic E-state index is 11.1. The molecule has 1 atom stereocenters. The first kappa shape index (κ1) is 18.5. The molecule has 0 unspecified atom stereocenters. The Labute approximate surface area is 160 Å². The van der Waals surface area contributed by atoms with Crippen molar-refractivity contribution in [2.24, 2.45) is 0 Å². The first-order chi connectivity index (χ1) is 13.1. The average Bonchev–Trinajstić information content (AvgIpc) is 2.72. The van der Waals surface area contributed by atoms with Crippen LogP contribution < -0.4 is 0 Å². The lowest BCUT2D eigenvalue weighted by Crippen LogP contribution is -2.33. The van der Waals surface area contributed by atoms with Crippen molar-refractivity contribution in [1.29, 1.82) is 0 Å². The van der Waals surface area contributed by atoms with E-state index >= 15 is 0 Å². The lowest BCUT2D eigenvalue weighted by Gasteiger charge is -2.23. The van der Waals surface area contributed by atoms with Gasteiger partial charge in [0.15, 0.2) is 0 Å². The van der Waals surface area contributed by atoms with Gasteiger partial charge in [-0.1, -0.05) is 78.1 Å². The summed E-state index contributed by atoms with van der Waals surface area (Å²) in [5.41, 5.74) is 1.22. The van der Waals surface area contributed by atoms with Gasteiger partial charge >= 0.3 is 0 Å². The number of aliphatic hydroxyl groups excluding tert-OH is 1. The molecule has 3 rings (SSSR count). The summed E-state index contributed by atoms with van der Waals surface area (Å²) in [5, 5.41) is 22.0. The zero-order chi connectivity index (χ0) is 19.1. The lowest BCUT2D eigenvalue weighted by molar-refractivity contribution is 0.00698. The van der Waals surface area contributed by atoms with Gasteiger partial charge in [-0.05, 0) is 48.6 Å². The van der Waals surface area contributed by atoms with Crippen LogP contribution in [0.3, 0.4) is 0 Å². The summed E-state index contributed by atoms with van der Waals surface area (Å²) in [6, 6.07) is 26.0. The highest BCUT2D eigenvalue weighted by molar-refractivity contribution is 5.46. The van der Waals surface area contributed by atoms with Gasteiger partial charge in [0, 0.05) is 11.1 Å². The third-order valence-electron chi connectivity index (χ3n) is 4.13. The van der Waals surface area contributed by atoms with E-state index in [2.05, 4.69) is 23.7 Å². The molecule has 0 radical (unpaired) electrons. The van der Waals surface area contributed by atoms with Crippen molar-refractivity contribution in [1.82, 2.24) is 0 Å². The highest BCUT2D eigenvalue weighted by Gasteiger charge is 2.33. The van der Waals surface area contributed by atoms with E-state index in [0.717, 1.165) is 16.7 Å². The lowest BCUT2D eigenvalue weighted by atomic mass is 9.91. The van der Waals surface area contributed by atoms with Crippen LogP contribution in [0.4, 0.5) is 0 Å². The van der Waals surface area contributed by atoms with Crippen LogP contribution in [0.25, 0.3) is 0 Å². The second kappa shape index (κ2) is 8.39. The quantitative estimate of drug-likeness (QED) is 0.688. The minimum atomic E-state index is -1.90. The van der Waals surface area contributed by atoms with Gasteiger partial charge in [0.25, 0.3) is 0 Å². The average molecular weight is 352 g/mol. The van der Waals surface area contributed by atoms with Crippen LogP contribution in [0.2, 0.25) is 0 Å². The Kier molecular flexibility index (Phi) is 5.74. The fraction of sp³-hybridized carbons (Fsp3) is 0.120. The van der Waals surface area contributed by atoms with E-state index in [1.165, 1.54) is 0 Å². The van der Waals surface area contributed by atoms with Crippen LogP contribution in [-0.2, 0) is 0 Å². The SMILES string of the molecule is Cc1ccc([C@@H](O)C(O)(C#Cc2ccccc2)C#Cc2ccccc2)cc1. The van der Waals surface area contributed by atoms with Gasteiger partial charge in [-0.25, -0.2) is 0 Å². The molecular formula is C25H20O2. The minimum absolute atomic E-state index is 0.563. The third-order valence-corrected chi connectivity index (χ3v) is 4.13. The Balaban J connectivity index is 2.01. The number of benzene rings is 3. The Morgan fingerprint density at radius 3 is 1.59 bits per heavy atom. The van der Waals surface area contributed by atoms with Gasteiger partial charge in [-0.3, -0.25) is 0 Å². The molecular weight excluding hydrogens is 332 g/mol. The fourth-order valence-electron chi connectivity index (χ4n) is 2.54. The topological polar surface area (TPSA) is 40.5 Å². The van der Waals surface area contributed by atoms with E-state index in [1.807, 2.05) is 79.7 Å². The standard InChI is InChI=1S/C25H20O2/c1-20-12-14-23(15-13-20)24(26)25(27,18-16-21-8-4-2-5-9-21)19-17-22-10-6-3-7-11-22/h2-15,24,26-27H,1H3/t24-/m1/s1. The van der Waals surface area contributed by atoms with Crippen LogP contribution in [-0.4, -0.2) is 15.8 Å². The van der Waals surface area contributed by atoms with E-state index in [4.69, 9.17) is 0 Å². The summed E-state index contributed by atoms with van der Waals surface area (Å²) >= 11 is 0. The predicted molar refractivity (Wildman–Crippen MR) is 108 cm³/mol. The number of aliphatic hydroxyl groups is 2. The van der Waals surface area contributed by atoms with Crippen LogP contribution in [0.1, 0.15) is 28.4 Å². The van der Waals surface area contributed by atoms with Crippen molar-refractivity contribution in [3.8, 4) is 23.7 Å². The van der Waals surface area contributed by atoms with Crippen molar-refractivity contribution < 1.29 is 10.2 Å². The molecule has 0 spiro atoms. The van der Waals surface area contributed by atoms with Crippen LogP contribution in [0, 0.1) is 30.6 Å². The Morgan fingerprint density at radius 1 is 0.704 bits per heavy atom. The highest BCUT2D eigenvalue weighted by Crippen LogP contribution is 2.26. The largest absolute Gasteiger partial charge is 0.383 e. The molecule has 0 bridgehead atoms. The molecule has 0 aliphatic carbocycles. The van der Waals surface area contributed by atoms with Crippen LogP contribution in [0.5, 0.6) is 0 Å². The molecule has 0 saturated heterocycles. The fourth-order valence-corrected chi connectivity index (χ4v) is 2.54. The molecule has 2 N–H and O–H groups in total. The van der Waals surface area contributed by atoms with E-state index in [0.29, 0.717) is 5.56 Å². The summed E-state index contributed by atoms with van der Waals surface area (Å²) < 4.78 is 0. The van der Waals surface area contributed by atoms with E-state index in [9.17, 15) is 10.2 Å². The molecule has 3 aromatic rings. The van der Waals surface area contributed by atoms with Crippen molar-refractivity contribution in [2.75, 3.05) is 0 Å². The van der Waals surface area contributed by atoms with E-state index in [1.54, 1.807) is 12.1 Å². The maximum Gasteiger partial charge on any atom is 0.218 e. The zero-order valence-corrected chi connectivity index (χ0v) is 15.1. The van der Waals surface area contributed by atoms with Crippen LogP contribution in [0.15, 0.2) is 84.9 Å². The maximum atomic E-state index is 11.1. The minimum Gasteiger partial charge on any atom is -0.383 e. The molecule has 132 valence electrons. The monoisotopic (exact) mass is 352 g/mol. The molecule has 0 fully saturated rings. The first-order valence-electron chi connectivity index (χ1n) is 8.70. The smallest absolute Gasteiger partial charge is 0.218 e. The molecule has 0 aliphatic heterocycles. The van der Waals surface area contributed by atoms with E-state index < -0.39 is 11.7 Å². The summed E-state index contributed by atoms with van der Waals surface area (Å²) in [7, 11) is 0. The molecule has 3 aromatic carbocycles. The highest BCUT2D eigenvalue weighted by atomic mass is 16.3. The summed E-state index contributed by atoms with van der Waals surface area (Å²) in [4.78, 5) is 0. The summed E-state index contributed by atoms with van der Waals surface area (Å²) in [6.07, 6.45) is -1.26. The zero-order valence-electron chi connectivity index (χ0n) is 15.1. The molecule has 2 heteroatoms. The molecule has 27 heavy (non-hydrogen) atoms. The first-order valence-corrected chi connectivity index (χ1v) is 8.70. The molecule has 0 aromatic heterocycles. The van der Waals surface area contributed by atoms with Crippen LogP contribution >= 0.6 is 0 Å². The summed E-state index contributed by atoms with van der Waals surface area (Å²) in [6.45, 7) is 1.97. The Hall–Kier alpha value is -3.30. The van der Waals surface area contributed by atoms with Gasteiger partial charge in [-0.2, -0.15) is 0 Å². The van der Waals surface area contributed by atoms with Gasteiger partial charge < -0.3 is 10.2 Å². The van der Waals surface area contributed by atoms with Crippen molar-refractivity contribution >= 4 is 0 Å². The molecule has 0 amide bonds. The van der Waals surface area contributed by atoms with Gasteiger partial charge in [0.05, 0.1) is 0 Å². The molecule has 0 saturated carbocycles. The second-order valence-electron chi connectivity index (χ2n) is 6.31. The second-order valence-corrected chi connectivity index (χ2v) is 6.31. The van der Waals surface area contributed by atoms with Gasteiger partial charge in [0.1, 0.15) is 6.10 Å². The molecule has 0 aliphatic rings. The Morgan fingerprint density at radius 2 is 1.15 bits per heavy atom. The normalized spacial score (nSPS) is 11.5. The van der Waals surface area contributed by atoms with Crippen molar-refractivity contribution in [3.05, 3.63) is 107 Å². The number of hydrogen-bond acceptors (Lipinski definition) is 2. The van der Waals surface area contributed by atoms with E-state index in [-0.39, 0.29) is 0 Å². The van der Waals surface area contributed by atoms with Gasteiger partial charge in [-0.15, -0.1) is 0 Å². The summed E-state index contributed by atoms with van der Waals surface area (Å²) in [5.74, 6) is 11.4. The number of rotatable bonds is 2. The van der Waals surface area contributed by atoms with Gasteiger partial charge in [0.2, 0.25) is 5.60 Å². The number of aryl methyl sites for hydroxylation is 1. The molecule has 0 heterocycles. The Bertz CT molecular complexity index is 941. The predicted octanol–water partition coefficient (Wildman–Crippen LogP) is 3.86.